The van der Waals surface area contributed by atoms with Gasteiger partial charge in [-0.3, -0.25) is 14.5 Å². The third kappa shape index (κ3) is 5.88. The van der Waals surface area contributed by atoms with Gasteiger partial charge in [0.25, 0.3) is 11.7 Å². The SMILES string of the molecule is CCCCCOc1ccc(/C(O)=C2/C(=O)C(=O)N(c3ccc(C#N)cc3)C2c2ccc(C(C)(C)C)cc2)cc1. The second kappa shape index (κ2) is 11.6. The van der Waals surface area contributed by atoms with Gasteiger partial charge in [-0.2, -0.15) is 5.26 Å². The van der Waals surface area contributed by atoms with Crippen LogP contribution in [0.5, 0.6) is 5.75 Å². The molecule has 1 unspecified atom stereocenters. The molecule has 1 aliphatic heterocycles. The van der Waals surface area contributed by atoms with Crippen molar-refractivity contribution in [1.82, 2.24) is 0 Å². The van der Waals surface area contributed by atoms with Crippen LogP contribution in [0.2, 0.25) is 0 Å². The van der Waals surface area contributed by atoms with Gasteiger partial charge in [0.2, 0.25) is 0 Å². The van der Waals surface area contributed by atoms with Crippen molar-refractivity contribution in [3.05, 3.63) is 101 Å². The number of Topliss-reactive ketones (excluding diaryl/α,β-unsaturated/α-hetero) is 1. The summed E-state index contributed by atoms with van der Waals surface area (Å²) in [5.41, 5.74) is 3.08. The van der Waals surface area contributed by atoms with Crippen molar-refractivity contribution in [1.29, 1.82) is 5.26 Å². The van der Waals surface area contributed by atoms with Crippen LogP contribution >= 0.6 is 0 Å². The highest BCUT2D eigenvalue weighted by Gasteiger charge is 2.47. The summed E-state index contributed by atoms with van der Waals surface area (Å²) in [4.78, 5) is 28.2. The molecule has 6 nitrogen and oxygen atoms in total. The number of anilines is 1. The minimum absolute atomic E-state index is 0.0180. The average Bonchev–Trinajstić information content (AvgIpc) is 3.20. The predicted octanol–water partition coefficient (Wildman–Crippen LogP) is 7.05. The van der Waals surface area contributed by atoms with Gasteiger partial charge >= 0.3 is 0 Å². The van der Waals surface area contributed by atoms with Gasteiger partial charge < -0.3 is 9.84 Å². The van der Waals surface area contributed by atoms with E-state index >= 15 is 0 Å². The van der Waals surface area contributed by atoms with Crippen LogP contribution in [-0.4, -0.2) is 23.4 Å². The molecular formula is C33H34N2O4. The molecule has 39 heavy (non-hydrogen) atoms. The number of nitriles is 1. The van der Waals surface area contributed by atoms with Gasteiger partial charge in [-0.05, 0) is 71.5 Å². The van der Waals surface area contributed by atoms with E-state index in [-0.39, 0.29) is 16.7 Å². The third-order valence-electron chi connectivity index (χ3n) is 6.96. The molecule has 0 spiro atoms. The van der Waals surface area contributed by atoms with Crippen LogP contribution in [0.1, 0.15) is 75.3 Å². The van der Waals surface area contributed by atoms with Crippen LogP contribution in [0.4, 0.5) is 5.69 Å². The highest BCUT2D eigenvalue weighted by Crippen LogP contribution is 2.42. The molecular weight excluding hydrogens is 488 g/mol. The first kappa shape index (κ1) is 27.7. The van der Waals surface area contributed by atoms with Gasteiger partial charge in [-0.1, -0.05) is 64.8 Å². The number of carbonyl (C=O) groups excluding carboxylic acids is 2. The third-order valence-corrected chi connectivity index (χ3v) is 6.96. The van der Waals surface area contributed by atoms with Crippen LogP contribution in [0.3, 0.4) is 0 Å². The summed E-state index contributed by atoms with van der Waals surface area (Å²) in [6.45, 7) is 9.08. The lowest BCUT2D eigenvalue weighted by Gasteiger charge is -2.26. The second-order valence-electron chi connectivity index (χ2n) is 10.8. The Hall–Kier alpha value is -4.37. The number of nitrogens with zero attached hydrogens (tertiary/aromatic N) is 2. The summed E-state index contributed by atoms with van der Waals surface area (Å²) in [6, 6.07) is 22.4. The molecule has 0 aliphatic carbocycles. The van der Waals surface area contributed by atoms with E-state index in [0.29, 0.717) is 34.7 Å². The summed E-state index contributed by atoms with van der Waals surface area (Å²) in [5, 5.41) is 20.6. The number of hydrogen-bond acceptors (Lipinski definition) is 5. The standard InChI is InChI=1S/C33H34N2O4/c1-5-6-7-20-39-27-18-12-24(13-19-27)30(36)28-29(23-10-14-25(15-11-23)33(2,3)4)35(32(38)31(28)37)26-16-8-22(21-34)9-17-26/h8-19,29,36H,5-7,20H2,1-4H3/b30-28-. The van der Waals surface area contributed by atoms with E-state index in [1.165, 1.54) is 4.90 Å². The fraction of sp³-hybridized carbons (Fsp3) is 0.303. The van der Waals surface area contributed by atoms with Gasteiger partial charge in [0.1, 0.15) is 11.5 Å². The molecule has 0 saturated carbocycles. The van der Waals surface area contributed by atoms with Gasteiger partial charge in [0.05, 0.1) is 29.9 Å². The van der Waals surface area contributed by atoms with Crippen molar-refractivity contribution < 1.29 is 19.4 Å². The lowest BCUT2D eigenvalue weighted by molar-refractivity contribution is -0.132. The van der Waals surface area contributed by atoms with Gasteiger partial charge in [0.15, 0.2) is 0 Å². The van der Waals surface area contributed by atoms with Crippen LogP contribution in [0, 0.1) is 11.3 Å². The van der Waals surface area contributed by atoms with E-state index < -0.39 is 17.7 Å². The van der Waals surface area contributed by atoms with Crippen LogP contribution in [-0.2, 0) is 15.0 Å². The van der Waals surface area contributed by atoms with Crippen molar-refractivity contribution in [2.45, 2.75) is 58.4 Å². The normalized spacial score (nSPS) is 16.8. The molecule has 1 aliphatic rings. The molecule has 0 bridgehead atoms. The quantitative estimate of drug-likeness (QED) is 0.148. The molecule has 1 atom stereocenters. The minimum atomic E-state index is -0.836. The van der Waals surface area contributed by atoms with Gasteiger partial charge in [-0.15, -0.1) is 0 Å². The Morgan fingerprint density at radius 1 is 0.949 bits per heavy atom. The van der Waals surface area contributed by atoms with E-state index in [4.69, 9.17) is 4.74 Å². The van der Waals surface area contributed by atoms with Crippen LogP contribution in [0.15, 0.2) is 78.4 Å². The highest BCUT2D eigenvalue weighted by molar-refractivity contribution is 6.51. The topological polar surface area (TPSA) is 90.6 Å². The van der Waals surface area contributed by atoms with Crippen molar-refractivity contribution in [3.8, 4) is 11.8 Å². The zero-order chi connectivity index (χ0) is 28.2. The Morgan fingerprint density at radius 2 is 1.59 bits per heavy atom. The Bertz CT molecular complexity index is 1410. The van der Waals surface area contributed by atoms with Crippen molar-refractivity contribution in [2.75, 3.05) is 11.5 Å². The van der Waals surface area contributed by atoms with Gasteiger partial charge in [-0.25, -0.2) is 0 Å². The summed E-state index contributed by atoms with van der Waals surface area (Å²) < 4.78 is 5.78. The summed E-state index contributed by atoms with van der Waals surface area (Å²) in [6.07, 6.45) is 3.16. The van der Waals surface area contributed by atoms with E-state index in [1.54, 1.807) is 48.5 Å². The monoisotopic (exact) mass is 522 g/mol. The Kier molecular flexibility index (Phi) is 8.21. The number of carbonyl (C=O) groups is 2. The lowest BCUT2D eigenvalue weighted by atomic mass is 9.85. The first-order valence-electron chi connectivity index (χ1n) is 13.3. The second-order valence-corrected chi connectivity index (χ2v) is 10.8. The maximum absolute atomic E-state index is 13.4. The Balaban J connectivity index is 1.78. The van der Waals surface area contributed by atoms with E-state index in [0.717, 1.165) is 24.8 Å². The minimum Gasteiger partial charge on any atom is -0.507 e. The molecule has 3 aromatic rings. The molecule has 3 aromatic carbocycles. The van der Waals surface area contributed by atoms with Crippen molar-refractivity contribution in [2.24, 2.45) is 0 Å². The lowest BCUT2D eigenvalue weighted by Crippen LogP contribution is -2.29. The number of hydrogen-bond donors (Lipinski definition) is 1. The molecule has 200 valence electrons. The van der Waals surface area contributed by atoms with E-state index in [9.17, 15) is 20.0 Å². The number of benzene rings is 3. The zero-order valence-electron chi connectivity index (χ0n) is 22.9. The summed E-state index contributed by atoms with van der Waals surface area (Å²) in [7, 11) is 0. The van der Waals surface area contributed by atoms with Crippen LogP contribution in [0.25, 0.3) is 5.76 Å². The number of rotatable bonds is 8. The van der Waals surface area contributed by atoms with Crippen molar-refractivity contribution in [3.63, 3.8) is 0 Å². The largest absolute Gasteiger partial charge is 0.507 e. The van der Waals surface area contributed by atoms with Gasteiger partial charge in [0, 0.05) is 11.3 Å². The molecule has 4 rings (SSSR count). The molecule has 1 heterocycles. The molecule has 1 saturated heterocycles. The smallest absolute Gasteiger partial charge is 0.300 e. The summed E-state index contributed by atoms with van der Waals surface area (Å²) >= 11 is 0. The predicted molar refractivity (Wildman–Crippen MR) is 153 cm³/mol. The Labute approximate surface area is 230 Å². The molecule has 0 aromatic heterocycles. The van der Waals surface area contributed by atoms with Crippen LogP contribution < -0.4 is 9.64 Å². The first-order chi connectivity index (χ1) is 18.7. The molecule has 0 radical (unpaired) electrons. The average molecular weight is 523 g/mol. The number of aliphatic hydroxyl groups excluding tert-OH is 1. The summed E-state index contributed by atoms with van der Waals surface area (Å²) in [5.74, 6) is -1.06. The maximum Gasteiger partial charge on any atom is 0.300 e. The fourth-order valence-electron chi connectivity index (χ4n) is 4.68. The van der Waals surface area contributed by atoms with E-state index in [1.807, 2.05) is 24.3 Å². The maximum atomic E-state index is 13.4. The number of amides is 1. The number of aliphatic hydroxyl groups is 1. The zero-order valence-corrected chi connectivity index (χ0v) is 22.9. The number of ketones is 1. The van der Waals surface area contributed by atoms with Crippen molar-refractivity contribution >= 4 is 23.1 Å². The first-order valence-corrected chi connectivity index (χ1v) is 13.3. The molecule has 1 amide bonds. The van der Waals surface area contributed by atoms with E-state index in [2.05, 4.69) is 33.8 Å². The molecule has 1 N–H and O–H groups in total. The molecule has 1 fully saturated rings. The molecule has 6 heteroatoms. The fourth-order valence-corrected chi connectivity index (χ4v) is 4.68. The highest BCUT2D eigenvalue weighted by atomic mass is 16.5. The number of unbranched alkanes of at least 4 members (excludes halogenated alkanes) is 2. The Morgan fingerprint density at radius 3 is 2.15 bits per heavy atom. The number of ether oxygens (including phenoxy) is 1.